The number of benzene rings is 8. The summed E-state index contributed by atoms with van der Waals surface area (Å²) < 4.78 is 0. The first kappa shape index (κ1) is 25.1. The maximum atomic E-state index is 2.42. The molecular formula is C42H29N. The molecule has 0 radical (unpaired) electrons. The smallest absolute Gasteiger partial charge is 0.0546 e. The lowest BCUT2D eigenvalue weighted by Crippen LogP contribution is -2.11. The summed E-state index contributed by atoms with van der Waals surface area (Å²) in [4.78, 5) is 2.42. The van der Waals surface area contributed by atoms with Crippen LogP contribution in [0.1, 0.15) is 0 Å². The molecule has 0 saturated carbocycles. The van der Waals surface area contributed by atoms with Crippen LogP contribution in [0.3, 0.4) is 0 Å². The van der Waals surface area contributed by atoms with E-state index >= 15 is 0 Å². The molecule has 0 atom stereocenters. The molecule has 1 nitrogen and oxygen atoms in total. The average Bonchev–Trinajstić information content (AvgIpc) is 3.09. The second kappa shape index (κ2) is 10.6. The first-order valence-electron chi connectivity index (χ1n) is 14.8. The SMILES string of the molecule is c1ccc(-c2ccc(N(c3ccc4ccccc4c3)c3ccc4ccccc4c3-c3cccc4ccccc34)cc2)cc1. The minimum Gasteiger partial charge on any atom is -0.310 e. The van der Waals surface area contributed by atoms with Gasteiger partial charge in [0.2, 0.25) is 0 Å². The number of nitrogens with zero attached hydrogens (tertiary/aromatic N) is 1. The quantitative estimate of drug-likeness (QED) is 0.207. The highest BCUT2D eigenvalue weighted by atomic mass is 15.1. The predicted molar refractivity (Wildman–Crippen MR) is 185 cm³/mol. The minimum atomic E-state index is 1.12. The van der Waals surface area contributed by atoms with Crippen LogP contribution < -0.4 is 4.90 Å². The van der Waals surface area contributed by atoms with Gasteiger partial charge in [0.1, 0.15) is 0 Å². The van der Waals surface area contributed by atoms with E-state index in [2.05, 4.69) is 181 Å². The molecule has 0 aromatic heterocycles. The van der Waals surface area contributed by atoms with Crippen molar-refractivity contribution in [1.29, 1.82) is 0 Å². The van der Waals surface area contributed by atoms with E-state index in [0.29, 0.717) is 0 Å². The Labute approximate surface area is 251 Å². The standard InChI is InChI=1S/C42H29N/c1-2-11-30(12-3-1)32-21-25-36(26-22-32)43(37-27-23-31-13-4-5-16-35(31)29-37)41-28-24-34-15-7-9-19-39(34)42(41)40-20-10-17-33-14-6-8-18-38(33)40/h1-29H. The molecule has 0 heterocycles. The Balaban J connectivity index is 1.42. The third-order valence-electron chi connectivity index (χ3n) is 8.43. The maximum Gasteiger partial charge on any atom is 0.0546 e. The molecule has 0 aliphatic rings. The zero-order chi connectivity index (χ0) is 28.6. The van der Waals surface area contributed by atoms with Crippen molar-refractivity contribution >= 4 is 49.4 Å². The van der Waals surface area contributed by atoms with Gasteiger partial charge in [-0.1, -0.05) is 146 Å². The highest BCUT2D eigenvalue weighted by molar-refractivity contribution is 6.11. The van der Waals surface area contributed by atoms with Crippen molar-refractivity contribution in [3.63, 3.8) is 0 Å². The predicted octanol–water partition coefficient (Wildman–Crippen LogP) is 11.9. The Morgan fingerprint density at radius 1 is 0.326 bits per heavy atom. The third kappa shape index (κ3) is 4.52. The van der Waals surface area contributed by atoms with Crippen molar-refractivity contribution in [2.75, 3.05) is 4.90 Å². The van der Waals surface area contributed by atoms with E-state index in [1.807, 2.05) is 0 Å². The highest BCUT2D eigenvalue weighted by Crippen LogP contribution is 2.46. The van der Waals surface area contributed by atoms with Crippen molar-refractivity contribution in [2.24, 2.45) is 0 Å². The molecule has 43 heavy (non-hydrogen) atoms. The molecule has 0 spiro atoms. The molecule has 8 aromatic carbocycles. The fraction of sp³-hybridized carbons (Fsp3) is 0. The van der Waals surface area contributed by atoms with Crippen molar-refractivity contribution in [3.8, 4) is 22.3 Å². The molecule has 0 saturated heterocycles. The van der Waals surface area contributed by atoms with Gasteiger partial charge >= 0.3 is 0 Å². The second-order valence-corrected chi connectivity index (χ2v) is 11.0. The summed E-state index contributed by atoms with van der Waals surface area (Å²) in [6.45, 7) is 0. The van der Waals surface area contributed by atoms with Crippen molar-refractivity contribution in [3.05, 3.63) is 176 Å². The summed E-state index contributed by atoms with van der Waals surface area (Å²) in [5.74, 6) is 0. The number of rotatable bonds is 5. The fourth-order valence-electron chi connectivity index (χ4n) is 6.35. The Hall–Kier alpha value is -5.66. The van der Waals surface area contributed by atoms with Gasteiger partial charge in [0, 0.05) is 16.9 Å². The van der Waals surface area contributed by atoms with Crippen LogP contribution in [-0.4, -0.2) is 0 Å². The summed E-state index contributed by atoms with van der Waals surface area (Å²) in [5, 5.41) is 7.41. The Kier molecular flexibility index (Phi) is 6.20. The molecule has 0 fully saturated rings. The van der Waals surface area contributed by atoms with Crippen LogP contribution in [0.4, 0.5) is 17.1 Å². The van der Waals surface area contributed by atoms with Gasteiger partial charge in [0.15, 0.2) is 0 Å². The van der Waals surface area contributed by atoms with Gasteiger partial charge < -0.3 is 4.90 Å². The first-order valence-corrected chi connectivity index (χ1v) is 14.8. The molecule has 0 amide bonds. The summed E-state index contributed by atoms with van der Waals surface area (Å²) >= 11 is 0. The summed E-state index contributed by atoms with van der Waals surface area (Å²) in [6.07, 6.45) is 0. The van der Waals surface area contributed by atoms with Crippen LogP contribution in [0.5, 0.6) is 0 Å². The first-order chi connectivity index (χ1) is 21.3. The molecule has 1 heteroatoms. The summed E-state index contributed by atoms with van der Waals surface area (Å²) in [5.41, 5.74) is 8.28. The average molecular weight is 548 g/mol. The molecule has 8 rings (SSSR count). The molecule has 0 aliphatic heterocycles. The molecular weight excluding hydrogens is 518 g/mol. The number of anilines is 3. The Morgan fingerprint density at radius 2 is 0.884 bits per heavy atom. The van der Waals surface area contributed by atoms with Crippen LogP contribution in [-0.2, 0) is 0 Å². The van der Waals surface area contributed by atoms with Gasteiger partial charge in [-0.05, 0) is 79.3 Å². The van der Waals surface area contributed by atoms with E-state index in [4.69, 9.17) is 0 Å². The van der Waals surface area contributed by atoms with E-state index < -0.39 is 0 Å². The zero-order valence-corrected chi connectivity index (χ0v) is 23.7. The van der Waals surface area contributed by atoms with Crippen LogP contribution in [0.2, 0.25) is 0 Å². The van der Waals surface area contributed by atoms with Gasteiger partial charge in [-0.15, -0.1) is 0 Å². The van der Waals surface area contributed by atoms with Gasteiger partial charge in [0.25, 0.3) is 0 Å². The third-order valence-corrected chi connectivity index (χ3v) is 8.43. The fourth-order valence-corrected chi connectivity index (χ4v) is 6.35. The monoisotopic (exact) mass is 547 g/mol. The lowest BCUT2D eigenvalue weighted by atomic mass is 9.91. The van der Waals surface area contributed by atoms with Gasteiger partial charge in [-0.25, -0.2) is 0 Å². The Bertz CT molecular complexity index is 2220. The van der Waals surface area contributed by atoms with Crippen LogP contribution in [0.15, 0.2) is 176 Å². The van der Waals surface area contributed by atoms with E-state index in [1.54, 1.807) is 0 Å². The number of hydrogen-bond acceptors (Lipinski definition) is 1. The van der Waals surface area contributed by atoms with E-state index in [-0.39, 0.29) is 0 Å². The van der Waals surface area contributed by atoms with Gasteiger partial charge in [-0.3, -0.25) is 0 Å². The molecule has 0 aliphatic carbocycles. The lowest BCUT2D eigenvalue weighted by molar-refractivity contribution is 1.29. The van der Waals surface area contributed by atoms with Crippen molar-refractivity contribution in [1.82, 2.24) is 0 Å². The van der Waals surface area contributed by atoms with Crippen LogP contribution >= 0.6 is 0 Å². The molecule has 8 aromatic rings. The number of fused-ring (bicyclic) bond motifs is 3. The second-order valence-electron chi connectivity index (χ2n) is 11.0. The van der Waals surface area contributed by atoms with E-state index in [9.17, 15) is 0 Å². The minimum absolute atomic E-state index is 1.12. The van der Waals surface area contributed by atoms with Gasteiger partial charge in [0.05, 0.1) is 5.69 Å². The largest absolute Gasteiger partial charge is 0.310 e. The van der Waals surface area contributed by atoms with E-state index in [1.165, 1.54) is 54.6 Å². The maximum absolute atomic E-state index is 2.42. The van der Waals surface area contributed by atoms with E-state index in [0.717, 1.165) is 17.1 Å². The number of hydrogen-bond donors (Lipinski definition) is 0. The summed E-state index contributed by atoms with van der Waals surface area (Å²) in [6, 6.07) is 63.6. The van der Waals surface area contributed by atoms with Crippen molar-refractivity contribution < 1.29 is 0 Å². The van der Waals surface area contributed by atoms with Crippen molar-refractivity contribution in [2.45, 2.75) is 0 Å². The van der Waals surface area contributed by atoms with Gasteiger partial charge in [-0.2, -0.15) is 0 Å². The van der Waals surface area contributed by atoms with Crippen LogP contribution in [0.25, 0.3) is 54.6 Å². The summed E-state index contributed by atoms with van der Waals surface area (Å²) in [7, 11) is 0. The topological polar surface area (TPSA) is 3.24 Å². The zero-order valence-electron chi connectivity index (χ0n) is 23.7. The molecule has 0 N–H and O–H groups in total. The Morgan fingerprint density at radius 3 is 1.67 bits per heavy atom. The van der Waals surface area contributed by atoms with Crippen LogP contribution in [0, 0.1) is 0 Å². The molecule has 0 bridgehead atoms. The normalized spacial score (nSPS) is 11.3. The molecule has 202 valence electrons. The highest BCUT2D eigenvalue weighted by Gasteiger charge is 2.21. The lowest BCUT2D eigenvalue weighted by Gasteiger charge is -2.29. The molecule has 0 unspecified atom stereocenters.